The summed E-state index contributed by atoms with van der Waals surface area (Å²) in [5.74, 6) is -2.60. The number of allylic oxidation sites excluding steroid dienone is 3. The molecule has 268 valence electrons. The first-order valence-corrected chi connectivity index (χ1v) is 18.8. The quantitative estimate of drug-likeness (QED) is 0.189. The number of carbonyl (C=O) groups excluding carboxylic acids is 6. The SMILES string of the molecule is C/C1=C\[C@@H](OC(=O)CNC(=O)CCNC(=O)OC(C)(C)C)C(=O)/C=C/C=C\c2csc(n2)[C@H](C)NC(=O)C[C@@]2(CC1)S(=O)SC(=O)[C@]2(C)O. The van der Waals surface area contributed by atoms with Crippen LogP contribution in [0.25, 0.3) is 6.08 Å². The van der Waals surface area contributed by atoms with Crippen LogP contribution in [0.2, 0.25) is 0 Å². The summed E-state index contributed by atoms with van der Waals surface area (Å²) >= 11 is 1.30. The Bertz CT molecular complexity index is 1580. The van der Waals surface area contributed by atoms with Crippen molar-refractivity contribution in [2.45, 2.75) is 95.3 Å². The Morgan fingerprint density at radius 2 is 1.86 bits per heavy atom. The number of alkyl carbamates (subject to hydrolysis) is 1. The zero-order valence-corrected chi connectivity index (χ0v) is 30.6. The molecule has 1 spiro atoms. The molecular weight excluding hydrogens is 697 g/mol. The summed E-state index contributed by atoms with van der Waals surface area (Å²) in [4.78, 5) is 80.4. The molecule has 1 unspecified atom stereocenters. The number of aromatic nitrogens is 1. The van der Waals surface area contributed by atoms with Crippen molar-refractivity contribution in [1.82, 2.24) is 20.9 Å². The van der Waals surface area contributed by atoms with Gasteiger partial charge in [0.15, 0.2) is 11.9 Å². The predicted octanol–water partition coefficient (Wildman–Crippen LogP) is 2.96. The molecule has 17 heteroatoms. The second-order valence-electron chi connectivity index (χ2n) is 12.7. The number of amides is 3. The van der Waals surface area contributed by atoms with E-state index in [1.165, 1.54) is 36.5 Å². The van der Waals surface area contributed by atoms with Gasteiger partial charge in [-0.25, -0.2) is 14.0 Å². The van der Waals surface area contributed by atoms with E-state index in [1.54, 1.807) is 52.2 Å². The van der Waals surface area contributed by atoms with Gasteiger partial charge in [0.05, 0.1) is 21.6 Å². The van der Waals surface area contributed by atoms with Crippen molar-refractivity contribution < 1.29 is 47.6 Å². The normalized spacial score (nSPS) is 29.1. The molecule has 2 aliphatic rings. The molecule has 0 radical (unpaired) electrons. The Balaban J connectivity index is 1.79. The molecule has 49 heavy (non-hydrogen) atoms. The maximum atomic E-state index is 13.4. The number of nitrogens with one attached hydrogen (secondary N) is 3. The lowest BCUT2D eigenvalue weighted by atomic mass is 9.81. The van der Waals surface area contributed by atoms with Crippen molar-refractivity contribution >= 4 is 72.8 Å². The topological polar surface area (TPSA) is 207 Å². The summed E-state index contributed by atoms with van der Waals surface area (Å²) in [7, 11) is -1.50. The predicted molar refractivity (Wildman–Crippen MR) is 185 cm³/mol. The summed E-state index contributed by atoms with van der Waals surface area (Å²) in [6.45, 7) is 9.11. The van der Waals surface area contributed by atoms with E-state index in [2.05, 4.69) is 20.9 Å². The molecule has 3 amide bonds. The minimum atomic E-state index is -2.10. The minimum absolute atomic E-state index is 0.0384. The lowest BCUT2D eigenvalue weighted by Gasteiger charge is -2.36. The maximum Gasteiger partial charge on any atom is 0.407 e. The molecule has 2 aliphatic heterocycles. The molecule has 1 saturated heterocycles. The summed E-state index contributed by atoms with van der Waals surface area (Å²) < 4.78 is 22.2. The average molecular weight is 739 g/mol. The number of aliphatic hydroxyl groups is 1. The molecule has 3 heterocycles. The molecule has 0 aliphatic carbocycles. The van der Waals surface area contributed by atoms with Gasteiger partial charge in [-0.3, -0.25) is 24.0 Å². The molecule has 2 bridgehead atoms. The number of rotatable bonds is 6. The second-order valence-corrected chi connectivity index (χ2v) is 16.8. The third-order valence-electron chi connectivity index (χ3n) is 7.48. The van der Waals surface area contributed by atoms with Crippen LogP contribution in [0.15, 0.2) is 35.3 Å². The van der Waals surface area contributed by atoms with Crippen LogP contribution in [0, 0.1) is 0 Å². The largest absolute Gasteiger partial charge is 0.448 e. The van der Waals surface area contributed by atoms with Gasteiger partial charge in [0.2, 0.25) is 16.9 Å². The highest BCUT2D eigenvalue weighted by Crippen LogP contribution is 2.50. The van der Waals surface area contributed by atoms with Crippen molar-refractivity contribution in [2.75, 3.05) is 13.1 Å². The maximum absolute atomic E-state index is 13.4. The monoisotopic (exact) mass is 738 g/mol. The van der Waals surface area contributed by atoms with Gasteiger partial charge in [0.25, 0.3) is 0 Å². The third kappa shape index (κ3) is 11.2. The number of hydrogen-bond acceptors (Lipinski definition) is 13. The number of ether oxygens (including phenoxy) is 2. The van der Waals surface area contributed by atoms with Crippen molar-refractivity contribution in [1.29, 1.82) is 0 Å². The molecule has 0 aromatic carbocycles. The minimum Gasteiger partial charge on any atom is -0.448 e. The van der Waals surface area contributed by atoms with Gasteiger partial charge in [-0.15, -0.1) is 11.3 Å². The van der Waals surface area contributed by atoms with E-state index in [0.29, 0.717) is 27.1 Å². The van der Waals surface area contributed by atoms with Crippen molar-refractivity contribution in [2.24, 2.45) is 0 Å². The Morgan fingerprint density at radius 1 is 1.16 bits per heavy atom. The van der Waals surface area contributed by atoms with Gasteiger partial charge in [-0.1, -0.05) is 17.7 Å². The Hall–Kier alpha value is -3.67. The van der Waals surface area contributed by atoms with Crippen LogP contribution in [-0.2, 0) is 43.3 Å². The smallest absolute Gasteiger partial charge is 0.407 e. The van der Waals surface area contributed by atoms with Crippen molar-refractivity contribution in [3.05, 3.63) is 46.0 Å². The number of carbonyl (C=O) groups is 6. The van der Waals surface area contributed by atoms with E-state index in [-0.39, 0.29) is 25.8 Å². The summed E-state index contributed by atoms with van der Waals surface area (Å²) in [5.41, 5.74) is -1.75. The zero-order chi connectivity index (χ0) is 36.6. The molecule has 3 rings (SSSR count). The fourth-order valence-corrected chi connectivity index (χ4v) is 9.50. The highest BCUT2D eigenvalue weighted by atomic mass is 33.1. The summed E-state index contributed by atoms with van der Waals surface area (Å²) in [6.07, 6.45) is 4.62. The number of nitrogens with zero attached hydrogens (tertiary/aromatic N) is 1. The van der Waals surface area contributed by atoms with Gasteiger partial charge < -0.3 is 30.5 Å². The number of fused-ring (bicyclic) bond motifs is 2. The molecule has 1 fully saturated rings. The standard InChI is InChI=1S/C32H42N4O10S3/c1-19-11-13-32(31(6,43)28(41)48-49(32)44)16-25(39)35-20(2)27-36-21(18-47-27)9-7-8-10-22(37)23(15-19)45-26(40)17-34-24(38)12-14-33-29(42)46-30(3,4)5/h7-10,15,18,20,23,43H,11-14,16-17H2,1-6H3,(H,33,42)(H,34,38)(H,35,39)/b9-7-,10-8+,19-15+/t20-,23+,31-,32+,49?/m0/s1. The fraction of sp³-hybridized carbons (Fsp3) is 0.531. The average Bonchev–Trinajstić information content (AvgIpc) is 3.52. The van der Waals surface area contributed by atoms with Crippen LogP contribution < -0.4 is 16.0 Å². The highest BCUT2D eigenvalue weighted by molar-refractivity contribution is 8.76. The first-order chi connectivity index (χ1) is 22.8. The van der Waals surface area contributed by atoms with E-state index in [0.717, 1.165) is 0 Å². The lowest BCUT2D eigenvalue weighted by Crippen LogP contribution is -2.55. The molecule has 4 N–H and O–H groups in total. The summed E-state index contributed by atoms with van der Waals surface area (Å²) in [6, 6.07) is -0.508. The number of hydrogen-bond donors (Lipinski definition) is 4. The Morgan fingerprint density at radius 3 is 2.51 bits per heavy atom. The van der Waals surface area contributed by atoms with Crippen LogP contribution in [0.3, 0.4) is 0 Å². The van der Waals surface area contributed by atoms with E-state index in [4.69, 9.17) is 9.47 Å². The van der Waals surface area contributed by atoms with E-state index >= 15 is 0 Å². The van der Waals surface area contributed by atoms with Gasteiger partial charge in [-0.2, -0.15) is 0 Å². The molecule has 1 aromatic heterocycles. The van der Waals surface area contributed by atoms with Crippen LogP contribution in [0.5, 0.6) is 0 Å². The van der Waals surface area contributed by atoms with Gasteiger partial charge in [0, 0.05) is 35.6 Å². The van der Waals surface area contributed by atoms with Crippen LogP contribution in [-0.4, -0.2) is 84.2 Å². The van der Waals surface area contributed by atoms with E-state index in [9.17, 15) is 38.1 Å². The molecule has 0 saturated carbocycles. The van der Waals surface area contributed by atoms with Crippen LogP contribution in [0.1, 0.15) is 84.0 Å². The first-order valence-electron chi connectivity index (χ1n) is 15.4. The molecule has 14 nitrogen and oxygen atoms in total. The van der Waals surface area contributed by atoms with Gasteiger partial charge in [0.1, 0.15) is 27.5 Å². The lowest BCUT2D eigenvalue weighted by molar-refractivity contribution is -0.150. The number of esters is 1. The number of thiazole rings is 1. The highest BCUT2D eigenvalue weighted by Gasteiger charge is 2.63. The van der Waals surface area contributed by atoms with Crippen LogP contribution in [0.4, 0.5) is 4.79 Å². The van der Waals surface area contributed by atoms with Crippen molar-refractivity contribution in [3.8, 4) is 0 Å². The number of ketones is 1. The first kappa shape index (κ1) is 39.8. The summed E-state index contributed by atoms with van der Waals surface area (Å²) in [5, 5.41) is 20.5. The Kier molecular flexibility index (Phi) is 13.7. The van der Waals surface area contributed by atoms with Gasteiger partial charge in [-0.05, 0) is 72.6 Å². The van der Waals surface area contributed by atoms with E-state index < -0.39 is 85.7 Å². The van der Waals surface area contributed by atoms with Crippen molar-refractivity contribution in [3.63, 3.8) is 0 Å². The second kappa shape index (κ2) is 16.8. The Labute approximate surface area is 294 Å². The molecular formula is C32H42N4O10S3. The fourth-order valence-electron chi connectivity index (χ4n) is 4.76. The zero-order valence-electron chi connectivity index (χ0n) is 28.2. The molecule has 5 atom stereocenters. The third-order valence-corrected chi connectivity index (χ3v) is 12.5. The van der Waals surface area contributed by atoms with E-state index in [1.807, 2.05) is 0 Å². The molecule has 1 aromatic rings. The van der Waals surface area contributed by atoms with Gasteiger partial charge >= 0.3 is 12.1 Å². The van der Waals surface area contributed by atoms with Crippen LogP contribution >= 0.6 is 22.1 Å².